The number of carbonyl (C=O) groups is 2. The van der Waals surface area contributed by atoms with Crippen LogP contribution in [0.5, 0.6) is 0 Å². The SMILES string of the molecule is Cc1cc(C)c(CC(=O)O)cc1CC=O. The maximum absolute atomic E-state index is 10.6. The first-order valence-corrected chi connectivity index (χ1v) is 4.79. The average Bonchev–Trinajstić information content (AvgIpc) is 2.12. The molecule has 0 spiro atoms. The van der Waals surface area contributed by atoms with Crippen LogP contribution in [0.4, 0.5) is 0 Å². The van der Waals surface area contributed by atoms with Crippen LogP contribution >= 0.6 is 0 Å². The Bertz CT molecular complexity index is 394. The molecule has 0 aliphatic rings. The minimum absolute atomic E-state index is 0.0119. The molecule has 0 saturated heterocycles. The molecule has 1 aromatic carbocycles. The van der Waals surface area contributed by atoms with Crippen molar-refractivity contribution in [2.75, 3.05) is 0 Å². The molecule has 0 radical (unpaired) electrons. The van der Waals surface area contributed by atoms with Crippen LogP contribution in [-0.4, -0.2) is 17.4 Å². The lowest BCUT2D eigenvalue weighted by Crippen LogP contribution is -2.04. The highest BCUT2D eigenvalue weighted by atomic mass is 16.4. The van der Waals surface area contributed by atoms with Gasteiger partial charge in [-0.1, -0.05) is 12.1 Å². The van der Waals surface area contributed by atoms with Gasteiger partial charge in [-0.05, 0) is 36.1 Å². The van der Waals surface area contributed by atoms with Gasteiger partial charge in [0.1, 0.15) is 6.29 Å². The van der Waals surface area contributed by atoms with E-state index in [1.54, 1.807) is 0 Å². The molecule has 3 nitrogen and oxygen atoms in total. The van der Waals surface area contributed by atoms with Crippen LogP contribution in [0, 0.1) is 13.8 Å². The Labute approximate surface area is 88.7 Å². The lowest BCUT2D eigenvalue weighted by atomic mass is 9.97. The topological polar surface area (TPSA) is 54.4 Å². The van der Waals surface area contributed by atoms with Gasteiger partial charge < -0.3 is 9.90 Å². The van der Waals surface area contributed by atoms with Crippen molar-refractivity contribution in [1.82, 2.24) is 0 Å². The average molecular weight is 206 g/mol. The second-order valence-corrected chi connectivity index (χ2v) is 3.65. The highest BCUT2D eigenvalue weighted by Crippen LogP contribution is 2.16. The Morgan fingerprint density at radius 2 is 1.87 bits per heavy atom. The van der Waals surface area contributed by atoms with Crippen molar-refractivity contribution in [2.24, 2.45) is 0 Å². The van der Waals surface area contributed by atoms with Crippen molar-refractivity contribution in [1.29, 1.82) is 0 Å². The molecule has 0 aromatic heterocycles. The maximum Gasteiger partial charge on any atom is 0.307 e. The number of carboxylic acid groups (broad SMARTS) is 1. The summed E-state index contributed by atoms with van der Waals surface area (Å²) in [6, 6.07) is 3.74. The molecule has 3 heteroatoms. The monoisotopic (exact) mass is 206 g/mol. The first-order valence-electron chi connectivity index (χ1n) is 4.79. The van der Waals surface area contributed by atoms with Crippen molar-refractivity contribution < 1.29 is 14.7 Å². The van der Waals surface area contributed by atoms with Gasteiger partial charge in [-0.25, -0.2) is 0 Å². The lowest BCUT2D eigenvalue weighted by molar-refractivity contribution is -0.136. The fourth-order valence-corrected chi connectivity index (χ4v) is 1.61. The van der Waals surface area contributed by atoms with Gasteiger partial charge in [0.05, 0.1) is 6.42 Å². The quantitative estimate of drug-likeness (QED) is 0.762. The zero-order chi connectivity index (χ0) is 11.4. The number of rotatable bonds is 4. The molecule has 0 aliphatic carbocycles. The minimum Gasteiger partial charge on any atom is -0.481 e. The Balaban J connectivity index is 3.10. The van der Waals surface area contributed by atoms with Crippen LogP contribution in [0.1, 0.15) is 22.3 Å². The predicted molar refractivity (Wildman–Crippen MR) is 57.0 cm³/mol. The number of hydrogen-bond donors (Lipinski definition) is 1. The molecule has 0 fully saturated rings. The van der Waals surface area contributed by atoms with E-state index in [1.807, 2.05) is 26.0 Å². The number of carboxylic acids is 1. The Morgan fingerprint density at radius 3 is 2.40 bits per heavy atom. The Morgan fingerprint density at radius 1 is 1.27 bits per heavy atom. The van der Waals surface area contributed by atoms with Crippen LogP contribution in [0.3, 0.4) is 0 Å². The summed E-state index contributed by atoms with van der Waals surface area (Å²) in [6.45, 7) is 3.81. The summed E-state index contributed by atoms with van der Waals surface area (Å²) < 4.78 is 0. The normalized spacial score (nSPS) is 10.0. The van der Waals surface area contributed by atoms with Gasteiger partial charge >= 0.3 is 5.97 Å². The number of aliphatic carboxylic acids is 1. The molecular formula is C12H14O3. The Kier molecular flexibility index (Phi) is 3.61. The molecule has 0 unspecified atom stereocenters. The fraction of sp³-hybridized carbons (Fsp3) is 0.333. The first-order chi connectivity index (χ1) is 7.04. The first kappa shape index (κ1) is 11.4. The van der Waals surface area contributed by atoms with Gasteiger partial charge in [-0.15, -0.1) is 0 Å². The number of aryl methyl sites for hydroxylation is 2. The number of carbonyl (C=O) groups excluding carboxylic acids is 1. The number of benzene rings is 1. The van der Waals surface area contributed by atoms with Crippen LogP contribution in [0.25, 0.3) is 0 Å². The summed E-state index contributed by atoms with van der Waals surface area (Å²) in [5.41, 5.74) is 3.69. The van der Waals surface area contributed by atoms with E-state index in [2.05, 4.69) is 0 Å². The molecule has 1 rings (SSSR count). The molecule has 80 valence electrons. The van der Waals surface area contributed by atoms with Gasteiger partial charge in [0.2, 0.25) is 0 Å². The van der Waals surface area contributed by atoms with Crippen molar-refractivity contribution in [3.05, 3.63) is 34.4 Å². The smallest absolute Gasteiger partial charge is 0.307 e. The summed E-state index contributed by atoms with van der Waals surface area (Å²) in [4.78, 5) is 21.0. The van der Waals surface area contributed by atoms with E-state index in [1.165, 1.54) is 0 Å². The summed E-state index contributed by atoms with van der Waals surface area (Å²) in [6.07, 6.45) is 1.19. The van der Waals surface area contributed by atoms with Crippen LogP contribution in [0.15, 0.2) is 12.1 Å². The number of hydrogen-bond acceptors (Lipinski definition) is 2. The van der Waals surface area contributed by atoms with Crippen molar-refractivity contribution >= 4 is 12.3 Å². The minimum atomic E-state index is -0.848. The zero-order valence-electron chi connectivity index (χ0n) is 8.91. The molecule has 0 bridgehead atoms. The summed E-state index contributed by atoms with van der Waals surface area (Å²) >= 11 is 0. The third kappa shape index (κ3) is 2.91. The molecule has 15 heavy (non-hydrogen) atoms. The summed E-state index contributed by atoms with van der Waals surface area (Å²) in [5, 5.41) is 8.71. The van der Waals surface area contributed by atoms with Crippen molar-refractivity contribution in [3.8, 4) is 0 Å². The van der Waals surface area contributed by atoms with E-state index in [-0.39, 0.29) is 6.42 Å². The third-order valence-corrected chi connectivity index (χ3v) is 2.44. The lowest BCUT2D eigenvalue weighted by Gasteiger charge is -2.09. The largest absolute Gasteiger partial charge is 0.481 e. The molecule has 0 saturated carbocycles. The second kappa shape index (κ2) is 4.73. The van der Waals surface area contributed by atoms with Crippen molar-refractivity contribution in [3.63, 3.8) is 0 Å². The molecule has 0 heterocycles. The van der Waals surface area contributed by atoms with Gasteiger partial charge in [0, 0.05) is 6.42 Å². The van der Waals surface area contributed by atoms with Gasteiger partial charge in [-0.3, -0.25) is 4.79 Å². The Hall–Kier alpha value is -1.64. The summed E-state index contributed by atoms with van der Waals surface area (Å²) in [7, 11) is 0. The zero-order valence-corrected chi connectivity index (χ0v) is 8.91. The van der Waals surface area contributed by atoms with E-state index < -0.39 is 5.97 Å². The summed E-state index contributed by atoms with van der Waals surface area (Å²) in [5.74, 6) is -0.848. The standard InChI is InChI=1S/C12H14O3/c1-8-5-9(2)11(7-12(14)15)6-10(8)3-4-13/h4-6H,3,7H2,1-2H3,(H,14,15). The highest BCUT2D eigenvalue weighted by molar-refractivity contribution is 5.71. The van der Waals surface area contributed by atoms with E-state index in [9.17, 15) is 9.59 Å². The van der Waals surface area contributed by atoms with Gasteiger partial charge in [0.25, 0.3) is 0 Å². The molecule has 0 amide bonds. The molecule has 1 aromatic rings. The second-order valence-electron chi connectivity index (χ2n) is 3.65. The third-order valence-electron chi connectivity index (χ3n) is 2.44. The molecule has 0 aliphatic heterocycles. The van der Waals surface area contributed by atoms with Crippen LogP contribution < -0.4 is 0 Å². The van der Waals surface area contributed by atoms with Crippen LogP contribution in [0.2, 0.25) is 0 Å². The van der Waals surface area contributed by atoms with E-state index in [0.717, 1.165) is 28.5 Å². The highest BCUT2D eigenvalue weighted by Gasteiger charge is 2.07. The molecule has 1 N–H and O–H groups in total. The predicted octanol–water partition coefficient (Wildman–Crippen LogP) is 1.67. The van der Waals surface area contributed by atoms with Gasteiger partial charge in [-0.2, -0.15) is 0 Å². The maximum atomic E-state index is 10.6. The van der Waals surface area contributed by atoms with Crippen molar-refractivity contribution in [2.45, 2.75) is 26.7 Å². The van der Waals surface area contributed by atoms with E-state index in [0.29, 0.717) is 6.42 Å². The molecule has 0 atom stereocenters. The van der Waals surface area contributed by atoms with Gasteiger partial charge in [0.15, 0.2) is 0 Å². The molecular weight excluding hydrogens is 192 g/mol. The van der Waals surface area contributed by atoms with E-state index >= 15 is 0 Å². The fourth-order valence-electron chi connectivity index (χ4n) is 1.61. The van der Waals surface area contributed by atoms with E-state index in [4.69, 9.17) is 5.11 Å². The van der Waals surface area contributed by atoms with Crippen LogP contribution in [-0.2, 0) is 22.4 Å². The number of aldehydes is 1.